The molecule has 1 amide bonds. The molecule has 0 saturated carbocycles. The minimum Gasteiger partial charge on any atom is -0.453 e. The van der Waals surface area contributed by atoms with Gasteiger partial charge in [0.05, 0.1) is 5.02 Å². The molecule has 2 aromatic carbocycles. The van der Waals surface area contributed by atoms with Gasteiger partial charge in [0.1, 0.15) is 5.75 Å². The second kappa shape index (κ2) is 8.83. The van der Waals surface area contributed by atoms with E-state index in [9.17, 15) is 4.79 Å². The summed E-state index contributed by atoms with van der Waals surface area (Å²) < 4.78 is 60.1. The van der Waals surface area contributed by atoms with Gasteiger partial charge in [0.15, 0.2) is 11.6 Å². The number of benzene rings is 2. The lowest BCUT2D eigenvalue weighted by Crippen LogP contribution is -2.34. The third kappa shape index (κ3) is 5.18. The van der Waals surface area contributed by atoms with Crippen molar-refractivity contribution in [3.05, 3.63) is 58.9 Å². The molecule has 0 bridgehead atoms. The zero-order valence-corrected chi connectivity index (χ0v) is 14.3. The summed E-state index contributed by atoms with van der Waals surface area (Å²) in [4.78, 5) is 11.2. The molecule has 0 aromatic heterocycles. The van der Waals surface area contributed by atoms with Gasteiger partial charge in [-0.1, -0.05) is 42.7 Å². The first-order valence-corrected chi connectivity index (χ1v) is 7.97. The molecule has 0 spiro atoms. The molecular weight excluding hydrogens is 343 g/mol. The van der Waals surface area contributed by atoms with Gasteiger partial charge in [-0.2, -0.15) is 0 Å². The van der Waals surface area contributed by atoms with Gasteiger partial charge in [0.25, 0.3) is 0 Å². The topological polar surface area (TPSA) is 64.3 Å². The monoisotopic (exact) mass is 369 g/mol. The van der Waals surface area contributed by atoms with E-state index in [0.717, 1.165) is 0 Å². The zero-order valence-electron chi connectivity index (χ0n) is 18.6. The summed E-state index contributed by atoms with van der Waals surface area (Å²) >= 11 is 6.08. The Morgan fingerprint density at radius 3 is 2.76 bits per heavy atom. The SMILES string of the molecule is [2H]C([2H])([2H])C([2H])([2H])[C@@H](N[C@@H](C)CC(N)=O)c1ccc(Cl)c(Oc2ccccc2)c1F. The Morgan fingerprint density at radius 2 is 2.12 bits per heavy atom. The van der Waals surface area contributed by atoms with Crippen LogP contribution in [0, 0.1) is 5.82 Å². The van der Waals surface area contributed by atoms with Crippen LogP contribution in [0.25, 0.3) is 0 Å². The molecule has 6 heteroatoms. The van der Waals surface area contributed by atoms with Crippen LogP contribution in [0.3, 0.4) is 0 Å². The molecule has 2 aromatic rings. The highest BCUT2D eigenvalue weighted by Gasteiger charge is 2.22. The Morgan fingerprint density at radius 1 is 1.40 bits per heavy atom. The number of carbonyl (C=O) groups is 1. The fourth-order valence-electron chi connectivity index (χ4n) is 2.33. The second-order valence-electron chi connectivity index (χ2n) is 5.51. The molecule has 2 atom stereocenters. The van der Waals surface area contributed by atoms with Crippen molar-refractivity contribution in [2.24, 2.45) is 5.73 Å². The maximum atomic E-state index is 15.4. The van der Waals surface area contributed by atoms with E-state index < -0.39 is 37.0 Å². The predicted octanol–water partition coefficient (Wildman–Crippen LogP) is 4.58. The van der Waals surface area contributed by atoms with Crippen molar-refractivity contribution in [1.29, 1.82) is 0 Å². The molecule has 0 saturated heterocycles. The highest BCUT2D eigenvalue weighted by Crippen LogP contribution is 2.36. The predicted molar refractivity (Wildman–Crippen MR) is 97.4 cm³/mol. The third-order valence-electron chi connectivity index (χ3n) is 3.46. The number of nitrogens with two attached hydrogens (primary N) is 1. The van der Waals surface area contributed by atoms with E-state index >= 15 is 4.39 Å². The number of nitrogens with one attached hydrogen (secondary N) is 1. The normalized spacial score (nSPS) is 17.3. The van der Waals surface area contributed by atoms with Crippen LogP contribution in [-0.2, 0) is 4.79 Å². The fraction of sp³-hybridized carbons (Fsp3) is 0.316. The van der Waals surface area contributed by atoms with E-state index in [-0.39, 0.29) is 22.8 Å². The number of carbonyl (C=O) groups excluding carboxylic acids is 1. The number of hydrogen-bond donors (Lipinski definition) is 2. The van der Waals surface area contributed by atoms with Crippen molar-refractivity contribution >= 4 is 17.5 Å². The summed E-state index contributed by atoms with van der Waals surface area (Å²) in [5.74, 6) is -1.76. The zero-order chi connectivity index (χ0) is 22.7. The first-order valence-electron chi connectivity index (χ1n) is 10.1. The molecule has 0 aliphatic heterocycles. The summed E-state index contributed by atoms with van der Waals surface area (Å²) in [5, 5.41) is 2.62. The molecule has 0 aliphatic carbocycles. The molecule has 0 heterocycles. The van der Waals surface area contributed by atoms with Crippen molar-refractivity contribution in [1.82, 2.24) is 5.32 Å². The van der Waals surface area contributed by atoms with Crippen LogP contribution in [0.2, 0.25) is 5.02 Å². The lowest BCUT2D eigenvalue weighted by molar-refractivity contribution is -0.118. The third-order valence-corrected chi connectivity index (χ3v) is 3.75. The number of para-hydroxylation sites is 1. The highest BCUT2D eigenvalue weighted by molar-refractivity contribution is 6.32. The molecule has 3 N–H and O–H groups in total. The van der Waals surface area contributed by atoms with E-state index in [1.54, 1.807) is 30.3 Å². The standard InChI is InChI=1S/C19H22ClFN2O2/c1-3-16(23-12(2)11-17(22)24)14-9-10-15(20)19(18(14)21)25-13-7-5-4-6-8-13/h4-10,12,16,23H,3,11H2,1-2H3,(H2,22,24)/t12-,16+/m0/s1/i1D3,3D2. The quantitative estimate of drug-likeness (QED) is 0.716. The Labute approximate surface area is 159 Å². The van der Waals surface area contributed by atoms with Crippen molar-refractivity contribution in [3.63, 3.8) is 0 Å². The summed E-state index contributed by atoms with van der Waals surface area (Å²) in [6.45, 7) is -1.58. The fourth-order valence-corrected chi connectivity index (χ4v) is 2.51. The van der Waals surface area contributed by atoms with Crippen molar-refractivity contribution in [3.8, 4) is 11.5 Å². The molecule has 134 valence electrons. The Bertz CT molecular complexity index is 896. The Hall–Kier alpha value is -2.11. The number of hydrogen-bond acceptors (Lipinski definition) is 3. The van der Waals surface area contributed by atoms with Crippen molar-refractivity contribution in [2.75, 3.05) is 0 Å². The van der Waals surface area contributed by atoms with Crippen LogP contribution in [-0.4, -0.2) is 11.9 Å². The van der Waals surface area contributed by atoms with Gasteiger partial charge in [-0.05, 0) is 31.5 Å². The summed E-state index contributed by atoms with van der Waals surface area (Å²) in [6, 6.07) is 8.36. The number of halogens is 2. The molecule has 25 heavy (non-hydrogen) atoms. The molecule has 0 aliphatic rings. The van der Waals surface area contributed by atoms with E-state index in [1.165, 1.54) is 19.1 Å². The molecule has 0 fully saturated rings. The highest BCUT2D eigenvalue weighted by atomic mass is 35.5. The van der Waals surface area contributed by atoms with Crippen LogP contribution in [0.15, 0.2) is 42.5 Å². The summed E-state index contributed by atoms with van der Waals surface area (Å²) in [5.41, 5.74) is 4.86. The lowest BCUT2D eigenvalue weighted by atomic mass is 10.0. The molecular formula is C19H22ClFN2O2. The van der Waals surface area contributed by atoms with Crippen molar-refractivity contribution in [2.45, 2.75) is 38.7 Å². The molecule has 0 radical (unpaired) electrons. The second-order valence-corrected chi connectivity index (χ2v) is 5.92. The van der Waals surface area contributed by atoms with Gasteiger partial charge in [0, 0.05) is 30.9 Å². The number of ether oxygens (including phenoxy) is 1. The Kier molecular flexibility index (Phi) is 4.64. The minimum atomic E-state index is -3.09. The number of amides is 1. The van der Waals surface area contributed by atoms with Crippen molar-refractivity contribution < 1.29 is 20.8 Å². The largest absolute Gasteiger partial charge is 0.453 e. The van der Waals surface area contributed by atoms with E-state index in [4.69, 9.17) is 28.9 Å². The molecule has 2 rings (SSSR count). The minimum absolute atomic E-state index is 0.0708. The van der Waals surface area contributed by atoms with E-state index in [1.807, 2.05) is 0 Å². The maximum absolute atomic E-state index is 15.4. The van der Waals surface area contributed by atoms with Crippen LogP contribution < -0.4 is 15.8 Å². The maximum Gasteiger partial charge on any atom is 0.218 e. The number of primary amides is 1. The summed E-state index contributed by atoms with van der Waals surface area (Å²) in [6.07, 6.45) is -3.09. The lowest BCUT2D eigenvalue weighted by Gasteiger charge is -2.23. The Balaban J connectivity index is 2.54. The number of rotatable bonds is 8. The molecule has 0 unspecified atom stereocenters. The first kappa shape index (κ1) is 13.1. The van der Waals surface area contributed by atoms with Gasteiger partial charge in [-0.15, -0.1) is 0 Å². The van der Waals surface area contributed by atoms with Crippen LogP contribution in [0.1, 0.15) is 45.0 Å². The summed E-state index contributed by atoms with van der Waals surface area (Å²) in [7, 11) is 0. The van der Waals surface area contributed by atoms with Crippen LogP contribution in [0.5, 0.6) is 11.5 Å². The van der Waals surface area contributed by atoms with Gasteiger partial charge < -0.3 is 15.8 Å². The van der Waals surface area contributed by atoms with Gasteiger partial charge in [0.2, 0.25) is 5.91 Å². The van der Waals surface area contributed by atoms with E-state index in [2.05, 4.69) is 5.32 Å². The van der Waals surface area contributed by atoms with Gasteiger partial charge in [-0.3, -0.25) is 4.79 Å². The van der Waals surface area contributed by atoms with Crippen LogP contribution >= 0.6 is 11.6 Å². The smallest absolute Gasteiger partial charge is 0.218 e. The average Bonchev–Trinajstić information content (AvgIpc) is 2.63. The van der Waals surface area contributed by atoms with Crippen LogP contribution in [0.4, 0.5) is 4.39 Å². The van der Waals surface area contributed by atoms with E-state index in [0.29, 0.717) is 5.75 Å². The first-order chi connectivity index (χ1) is 13.8. The molecule has 4 nitrogen and oxygen atoms in total. The van der Waals surface area contributed by atoms with Gasteiger partial charge in [-0.25, -0.2) is 4.39 Å². The average molecular weight is 370 g/mol. The van der Waals surface area contributed by atoms with Gasteiger partial charge >= 0.3 is 0 Å².